The van der Waals surface area contributed by atoms with E-state index in [9.17, 15) is 0 Å². The van der Waals surface area contributed by atoms with Gasteiger partial charge in [0.05, 0.1) is 16.3 Å². The molecule has 0 saturated heterocycles. The molecule has 0 aliphatic heterocycles. The molecule has 0 aliphatic carbocycles. The first kappa shape index (κ1) is 13.2. The van der Waals surface area contributed by atoms with Crippen molar-refractivity contribution in [1.29, 1.82) is 0 Å². The van der Waals surface area contributed by atoms with E-state index in [2.05, 4.69) is 62.4 Å². The molecular weight excluding hydrogens is 270 g/mol. The van der Waals surface area contributed by atoms with Crippen molar-refractivity contribution in [2.24, 2.45) is 0 Å². The first-order valence-corrected chi connectivity index (χ1v) is 7.30. The Bertz CT molecular complexity index is 730. The third kappa shape index (κ3) is 2.71. The van der Waals surface area contributed by atoms with Crippen LogP contribution >= 0.6 is 11.5 Å². The molecular formula is C14H17N5S. The van der Waals surface area contributed by atoms with Crippen LogP contribution in [0.15, 0.2) is 24.5 Å². The number of hydrogen-bond donors (Lipinski definition) is 0. The zero-order chi connectivity index (χ0) is 14.1. The van der Waals surface area contributed by atoms with Crippen molar-refractivity contribution in [2.45, 2.75) is 26.9 Å². The fourth-order valence-electron chi connectivity index (χ4n) is 2.19. The van der Waals surface area contributed by atoms with Crippen LogP contribution in [-0.4, -0.2) is 30.9 Å². The molecule has 3 rings (SSSR count). The third-order valence-electron chi connectivity index (χ3n) is 3.26. The average molecular weight is 287 g/mol. The molecule has 0 aliphatic rings. The number of fused-ring (bicyclic) bond motifs is 1. The van der Waals surface area contributed by atoms with Gasteiger partial charge in [0, 0.05) is 25.5 Å². The van der Waals surface area contributed by atoms with Gasteiger partial charge in [-0.3, -0.25) is 4.90 Å². The molecule has 5 nitrogen and oxygen atoms in total. The molecule has 3 aromatic heterocycles. The Hall–Kier alpha value is -1.79. The van der Waals surface area contributed by atoms with Gasteiger partial charge in [-0.15, -0.1) is 5.10 Å². The minimum atomic E-state index is 0.818. The number of nitrogens with zero attached hydrogens (tertiary/aromatic N) is 5. The van der Waals surface area contributed by atoms with E-state index < -0.39 is 0 Å². The molecule has 0 atom stereocenters. The standard InChI is InChI=1S/C14H17N5S/c1-10-4-5-19-8-12(15-14(19)6-10)7-18(3)9-13-11(2)16-17-20-13/h4-6,8H,7,9H2,1-3H3. The molecule has 3 aromatic rings. The Labute approximate surface area is 122 Å². The maximum Gasteiger partial charge on any atom is 0.137 e. The second kappa shape index (κ2) is 5.30. The highest BCUT2D eigenvalue weighted by atomic mass is 32.1. The van der Waals surface area contributed by atoms with Crippen LogP contribution in [0.25, 0.3) is 5.65 Å². The summed E-state index contributed by atoms with van der Waals surface area (Å²) >= 11 is 1.47. The third-order valence-corrected chi connectivity index (χ3v) is 4.06. The summed E-state index contributed by atoms with van der Waals surface area (Å²) in [6, 6.07) is 4.19. The lowest BCUT2D eigenvalue weighted by Gasteiger charge is -2.13. The second-order valence-electron chi connectivity index (χ2n) is 5.16. The van der Waals surface area contributed by atoms with Crippen LogP contribution in [0, 0.1) is 13.8 Å². The van der Waals surface area contributed by atoms with Crippen molar-refractivity contribution >= 4 is 17.2 Å². The highest BCUT2D eigenvalue weighted by Gasteiger charge is 2.09. The summed E-state index contributed by atoms with van der Waals surface area (Å²) in [6.45, 7) is 5.76. The lowest BCUT2D eigenvalue weighted by atomic mass is 10.3. The van der Waals surface area contributed by atoms with Crippen LogP contribution in [0.3, 0.4) is 0 Å². The molecule has 0 saturated carbocycles. The summed E-state index contributed by atoms with van der Waals surface area (Å²) < 4.78 is 6.04. The quantitative estimate of drug-likeness (QED) is 0.739. The van der Waals surface area contributed by atoms with Gasteiger partial charge in [-0.2, -0.15) is 0 Å². The van der Waals surface area contributed by atoms with E-state index in [1.165, 1.54) is 22.0 Å². The molecule has 0 fully saturated rings. The largest absolute Gasteiger partial charge is 0.307 e. The molecule has 0 N–H and O–H groups in total. The van der Waals surface area contributed by atoms with E-state index in [1.807, 2.05) is 6.92 Å². The Kier molecular flexibility index (Phi) is 3.50. The molecule has 0 radical (unpaired) electrons. The van der Waals surface area contributed by atoms with Gasteiger partial charge in [-0.1, -0.05) is 4.49 Å². The van der Waals surface area contributed by atoms with Crippen molar-refractivity contribution in [3.05, 3.63) is 46.4 Å². The lowest BCUT2D eigenvalue weighted by Crippen LogP contribution is -2.17. The number of hydrogen-bond acceptors (Lipinski definition) is 5. The van der Waals surface area contributed by atoms with Gasteiger partial charge in [-0.25, -0.2) is 4.98 Å². The van der Waals surface area contributed by atoms with Crippen molar-refractivity contribution in [1.82, 2.24) is 23.9 Å². The summed E-state index contributed by atoms with van der Waals surface area (Å²) in [7, 11) is 2.09. The summed E-state index contributed by atoms with van der Waals surface area (Å²) in [5, 5.41) is 4.04. The lowest BCUT2D eigenvalue weighted by molar-refractivity contribution is 0.317. The summed E-state index contributed by atoms with van der Waals surface area (Å²) in [5.74, 6) is 0. The van der Waals surface area contributed by atoms with Crippen molar-refractivity contribution in [3.63, 3.8) is 0 Å². The van der Waals surface area contributed by atoms with E-state index >= 15 is 0 Å². The normalized spacial score (nSPS) is 11.6. The number of rotatable bonds is 4. The maximum absolute atomic E-state index is 4.66. The molecule has 3 heterocycles. The van der Waals surface area contributed by atoms with Gasteiger partial charge in [-0.05, 0) is 50.1 Å². The van der Waals surface area contributed by atoms with Crippen LogP contribution in [0.4, 0.5) is 0 Å². The summed E-state index contributed by atoms with van der Waals surface area (Å²) in [5.41, 5.74) is 4.33. The van der Waals surface area contributed by atoms with Gasteiger partial charge in [0.25, 0.3) is 0 Å². The van der Waals surface area contributed by atoms with E-state index in [0.29, 0.717) is 0 Å². The first-order valence-electron chi connectivity index (χ1n) is 6.52. The average Bonchev–Trinajstić information content (AvgIpc) is 2.95. The molecule has 0 spiro atoms. The Morgan fingerprint density at radius 3 is 2.90 bits per heavy atom. The number of aryl methyl sites for hydroxylation is 2. The number of pyridine rings is 1. The van der Waals surface area contributed by atoms with Gasteiger partial charge < -0.3 is 4.40 Å². The molecule has 20 heavy (non-hydrogen) atoms. The maximum atomic E-state index is 4.66. The topological polar surface area (TPSA) is 46.3 Å². The van der Waals surface area contributed by atoms with Crippen molar-refractivity contribution in [2.75, 3.05) is 7.05 Å². The summed E-state index contributed by atoms with van der Waals surface area (Å²) in [4.78, 5) is 8.11. The Balaban J connectivity index is 1.74. The molecule has 0 bridgehead atoms. The zero-order valence-electron chi connectivity index (χ0n) is 11.9. The summed E-state index contributed by atoms with van der Waals surface area (Å²) in [6.07, 6.45) is 4.14. The highest BCUT2D eigenvalue weighted by Crippen LogP contribution is 2.14. The van der Waals surface area contributed by atoms with Crippen LogP contribution in [-0.2, 0) is 13.1 Å². The molecule has 0 aromatic carbocycles. The molecule has 6 heteroatoms. The van der Waals surface area contributed by atoms with Crippen LogP contribution in [0.2, 0.25) is 0 Å². The van der Waals surface area contributed by atoms with Gasteiger partial charge in [0.15, 0.2) is 0 Å². The smallest absolute Gasteiger partial charge is 0.137 e. The monoisotopic (exact) mass is 287 g/mol. The van der Waals surface area contributed by atoms with Crippen molar-refractivity contribution < 1.29 is 0 Å². The second-order valence-corrected chi connectivity index (χ2v) is 5.99. The first-order chi connectivity index (χ1) is 9.61. The van der Waals surface area contributed by atoms with Crippen LogP contribution in [0.1, 0.15) is 21.8 Å². The molecule has 0 unspecified atom stereocenters. The molecule has 104 valence electrons. The van der Waals surface area contributed by atoms with Crippen LogP contribution in [0.5, 0.6) is 0 Å². The van der Waals surface area contributed by atoms with Crippen molar-refractivity contribution in [3.8, 4) is 0 Å². The van der Waals surface area contributed by atoms with E-state index in [1.54, 1.807) is 0 Å². The fourth-order valence-corrected chi connectivity index (χ4v) is 2.90. The predicted octanol–water partition coefficient (Wildman–Crippen LogP) is 2.43. The van der Waals surface area contributed by atoms with Gasteiger partial charge >= 0.3 is 0 Å². The Morgan fingerprint density at radius 2 is 2.15 bits per heavy atom. The minimum absolute atomic E-state index is 0.818. The fraction of sp³-hybridized carbons (Fsp3) is 0.357. The van der Waals surface area contributed by atoms with E-state index in [4.69, 9.17) is 0 Å². The number of aromatic nitrogens is 4. The SMILES string of the molecule is Cc1ccn2cc(CN(C)Cc3snnc3C)nc2c1. The number of imidazole rings is 1. The van der Waals surface area contributed by atoms with Gasteiger partial charge in [0.1, 0.15) is 5.65 Å². The highest BCUT2D eigenvalue weighted by molar-refractivity contribution is 7.05. The molecule has 0 amide bonds. The van der Waals surface area contributed by atoms with E-state index in [-0.39, 0.29) is 0 Å². The predicted molar refractivity (Wildman–Crippen MR) is 79.7 cm³/mol. The zero-order valence-corrected chi connectivity index (χ0v) is 12.7. The minimum Gasteiger partial charge on any atom is -0.307 e. The van der Waals surface area contributed by atoms with Crippen LogP contribution < -0.4 is 0 Å². The van der Waals surface area contributed by atoms with Gasteiger partial charge in [0.2, 0.25) is 0 Å². The van der Waals surface area contributed by atoms with E-state index in [0.717, 1.165) is 30.1 Å². The Morgan fingerprint density at radius 1 is 1.30 bits per heavy atom.